The molecule has 1 aliphatic rings. The third-order valence-corrected chi connectivity index (χ3v) is 4.56. The van der Waals surface area contributed by atoms with Crippen molar-refractivity contribution in [3.05, 3.63) is 54.7 Å². The highest BCUT2D eigenvalue weighted by molar-refractivity contribution is 5.94. The molecule has 0 unspecified atom stereocenters. The molecule has 0 atom stereocenters. The van der Waals surface area contributed by atoms with Crippen molar-refractivity contribution < 1.29 is 9.53 Å². The molecule has 2 aromatic heterocycles. The SMILES string of the molecule is O=C(NC1CCC(Oc2cnccn2)CC1)c1cccc(-n2cnnn2)c1. The molecule has 1 aromatic carbocycles. The first-order valence-corrected chi connectivity index (χ1v) is 8.85. The van der Waals surface area contributed by atoms with Crippen LogP contribution in [0.4, 0.5) is 0 Å². The predicted molar refractivity (Wildman–Crippen MR) is 95.3 cm³/mol. The number of nitrogens with zero attached hydrogens (tertiary/aromatic N) is 6. The number of hydrogen-bond acceptors (Lipinski definition) is 7. The number of nitrogens with one attached hydrogen (secondary N) is 1. The van der Waals surface area contributed by atoms with Gasteiger partial charge in [0.1, 0.15) is 12.4 Å². The normalized spacial score (nSPS) is 19.4. The van der Waals surface area contributed by atoms with Crippen LogP contribution in [0.25, 0.3) is 5.69 Å². The van der Waals surface area contributed by atoms with Crippen molar-refractivity contribution in [1.29, 1.82) is 0 Å². The molecule has 0 spiro atoms. The Morgan fingerprint density at radius 2 is 2.07 bits per heavy atom. The van der Waals surface area contributed by atoms with E-state index in [0.717, 1.165) is 31.4 Å². The lowest BCUT2D eigenvalue weighted by Crippen LogP contribution is -2.39. The largest absolute Gasteiger partial charge is 0.473 e. The Hall–Kier alpha value is -3.36. The number of amides is 1. The Morgan fingerprint density at radius 3 is 2.81 bits per heavy atom. The van der Waals surface area contributed by atoms with E-state index in [4.69, 9.17) is 4.74 Å². The van der Waals surface area contributed by atoms with E-state index in [1.54, 1.807) is 30.7 Å². The number of ether oxygens (including phenoxy) is 1. The van der Waals surface area contributed by atoms with Crippen molar-refractivity contribution in [2.24, 2.45) is 0 Å². The molecule has 1 fully saturated rings. The summed E-state index contributed by atoms with van der Waals surface area (Å²) in [6.07, 6.45) is 9.92. The average Bonchev–Trinajstić information content (AvgIpc) is 3.25. The lowest BCUT2D eigenvalue weighted by atomic mass is 9.92. The lowest BCUT2D eigenvalue weighted by Gasteiger charge is -2.29. The molecule has 9 heteroatoms. The van der Waals surface area contributed by atoms with Crippen LogP contribution in [-0.2, 0) is 0 Å². The zero-order valence-electron chi connectivity index (χ0n) is 14.6. The fourth-order valence-corrected chi connectivity index (χ4v) is 3.18. The van der Waals surface area contributed by atoms with E-state index >= 15 is 0 Å². The van der Waals surface area contributed by atoms with Crippen LogP contribution in [0.3, 0.4) is 0 Å². The maximum Gasteiger partial charge on any atom is 0.251 e. The first kappa shape index (κ1) is 17.1. The summed E-state index contributed by atoms with van der Waals surface area (Å²) in [7, 11) is 0. The second kappa shape index (κ2) is 7.90. The van der Waals surface area contributed by atoms with Gasteiger partial charge in [-0.1, -0.05) is 6.07 Å². The van der Waals surface area contributed by atoms with E-state index in [2.05, 4.69) is 30.8 Å². The fraction of sp³-hybridized carbons (Fsp3) is 0.333. The molecule has 1 saturated carbocycles. The van der Waals surface area contributed by atoms with Gasteiger partial charge in [0.05, 0.1) is 11.9 Å². The highest BCUT2D eigenvalue weighted by Crippen LogP contribution is 2.23. The summed E-state index contributed by atoms with van der Waals surface area (Å²) < 4.78 is 7.36. The van der Waals surface area contributed by atoms with Gasteiger partial charge < -0.3 is 10.1 Å². The average molecular weight is 365 g/mol. The van der Waals surface area contributed by atoms with Gasteiger partial charge in [0.25, 0.3) is 5.91 Å². The zero-order chi connectivity index (χ0) is 18.5. The van der Waals surface area contributed by atoms with Crippen LogP contribution in [0, 0.1) is 0 Å². The number of benzene rings is 1. The Bertz CT molecular complexity index is 878. The van der Waals surface area contributed by atoms with E-state index in [0.29, 0.717) is 11.4 Å². The number of hydrogen-bond donors (Lipinski definition) is 1. The van der Waals surface area contributed by atoms with Gasteiger partial charge in [0.15, 0.2) is 0 Å². The summed E-state index contributed by atoms with van der Waals surface area (Å²) in [6, 6.07) is 7.36. The van der Waals surface area contributed by atoms with Gasteiger partial charge in [0.2, 0.25) is 5.88 Å². The van der Waals surface area contributed by atoms with Crippen LogP contribution >= 0.6 is 0 Å². The van der Waals surface area contributed by atoms with Gasteiger partial charge in [-0.3, -0.25) is 9.78 Å². The molecule has 1 amide bonds. The van der Waals surface area contributed by atoms with Gasteiger partial charge in [-0.25, -0.2) is 9.67 Å². The third kappa shape index (κ3) is 4.25. The standard InChI is InChI=1S/C18H19N7O2/c26-18(13-2-1-3-15(10-13)25-12-21-23-24-25)22-14-4-6-16(7-5-14)27-17-11-19-8-9-20-17/h1-3,8-12,14,16H,4-7H2,(H,22,26). The molecular formula is C18H19N7O2. The van der Waals surface area contributed by atoms with Crippen LogP contribution in [0.5, 0.6) is 5.88 Å². The van der Waals surface area contributed by atoms with Gasteiger partial charge in [-0.15, -0.1) is 5.10 Å². The van der Waals surface area contributed by atoms with Crippen LogP contribution < -0.4 is 10.1 Å². The van der Waals surface area contributed by atoms with Gasteiger partial charge in [-0.2, -0.15) is 0 Å². The Kier molecular flexibility index (Phi) is 4.99. The molecule has 1 aliphatic carbocycles. The molecule has 27 heavy (non-hydrogen) atoms. The monoisotopic (exact) mass is 365 g/mol. The first-order chi connectivity index (χ1) is 13.3. The molecule has 1 N–H and O–H groups in total. The Labute approximate surface area is 155 Å². The topological polar surface area (TPSA) is 108 Å². The second-order valence-electron chi connectivity index (χ2n) is 6.41. The molecule has 0 bridgehead atoms. The molecule has 0 aliphatic heterocycles. The van der Waals surface area contributed by atoms with Crippen molar-refractivity contribution in [3.63, 3.8) is 0 Å². The highest BCUT2D eigenvalue weighted by atomic mass is 16.5. The minimum absolute atomic E-state index is 0.0942. The van der Waals surface area contributed by atoms with Crippen molar-refractivity contribution in [2.75, 3.05) is 0 Å². The van der Waals surface area contributed by atoms with Gasteiger partial charge in [0, 0.05) is 24.0 Å². The third-order valence-electron chi connectivity index (χ3n) is 4.56. The van der Waals surface area contributed by atoms with E-state index in [9.17, 15) is 4.79 Å². The molecule has 4 rings (SSSR count). The van der Waals surface area contributed by atoms with Crippen molar-refractivity contribution in [2.45, 2.75) is 37.8 Å². The highest BCUT2D eigenvalue weighted by Gasteiger charge is 2.24. The minimum atomic E-state index is -0.0942. The van der Waals surface area contributed by atoms with Crippen LogP contribution in [0.2, 0.25) is 0 Å². The molecular weight excluding hydrogens is 346 g/mol. The van der Waals surface area contributed by atoms with Crippen molar-refractivity contribution >= 4 is 5.91 Å². The summed E-state index contributed by atoms with van der Waals surface area (Å²) in [5.41, 5.74) is 1.33. The molecule has 0 saturated heterocycles. The lowest BCUT2D eigenvalue weighted by molar-refractivity contribution is 0.0890. The fourth-order valence-electron chi connectivity index (χ4n) is 3.18. The van der Waals surface area contributed by atoms with Crippen molar-refractivity contribution in [1.82, 2.24) is 35.5 Å². The van der Waals surface area contributed by atoms with Crippen molar-refractivity contribution in [3.8, 4) is 11.6 Å². The summed E-state index contributed by atoms with van der Waals surface area (Å²) in [4.78, 5) is 20.7. The second-order valence-corrected chi connectivity index (χ2v) is 6.41. The predicted octanol–water partition coefficient (Wildman–Crippen LogP) is 1.57. The Morgan fingerprint density at radius 1 is 1.19 bits per heavy atom. The number of aromatic nitrogens is 6. The number of rotatable bonds is 5. The molecule has 138 valence electrons. The zero-order valence-corrected chi connectivity index (χ0v) is 14.6. The van der Waals surface area contributed by atoms with Crippen LogP contribution in [0.1, 0.15) is 36.0 Å². The summed E-state index contributed by atoms with van der Waals surface area (Å²) >= 11 is 0. The maximum absolute atomic E-state index is 12.6. The first-order valence-electron chi connectivity index (χ1n) is 8.85. The summed E-state index contributed by atoms with van der Waals surface area (Å²) in [5.74, 6) is 0.452. The van der Waals surface area contributed by atoms with E-state index < -0.39 is 0 Å². The smallest absolute Gasteiger partial charge is 0.251 e. The summed E-state index contributed by atoms with van der Waals surface area (Å²) in [6.45, 7) is 0. The maximum atomic E-state index is 12.6. The van der Waals surface area contributed by atoms with E-state index in [1.165, 1.54) is 11.0 Å². The van der Waals surface area contributed by atoms with E-state index in [-0.39, 0.29) is 18.1 Å². The number of tetrazole rings is 1. The van der Waals surface area contributed by atoms with Gasteiger partial charge >= 0.3 is 0 Å². The van der Waals surface area contributed by atoms with Crippen LogP contribution in [0.15, 0.2) is 49.2 Å². The number of carbonyl (C=O) groups excluding carboxylic acids is 1. The molecule has 3 aromatic rings. The minimum Gasteiger partial charge on any atom is -0.473 e. The Balaban J connectivity index is 1.31. The number of carbonyl (C=O) groups is 1. The van der Waals surface area contributed by atoms with E-state index in [1.807, 2.05) is 12.1 Å². The quantitative estimate of drug-likeness (QED) is 0.731. The summed E-state index contributed by atoms with van der Waals surface area (Å²) in [5, 5.41) is 14.2. The molecule has 2 heterocycles. The molecule has 0 radical (unpaired) electrons. The molecule has 9 nitrogen and oxygen atoms in total. The van der Waals surface area contributed by atoms with Crippen LogP contribution in [-0.4, -0.2) is 48.2 Å². The van der Waals surface area contributed by atoms with Gasteiger partial charge in [-0.05, 0) is 54.3 Å².